The van der Waals surface area contributed by atoms with Gasteiger partial charge in [-0.1, -0.05) is 54.4 Å². The number of amides is 1. The van der Waals surface area contributed by atoms with Crippen molar-refractivity contribution >= 4 is 36.9 Å². The van der Waals surface area contributed by atoms with Crippen molar-refractivity contribution in [2.45, 2.75) is 64.5 Å². The SMILES string of the molecule is CCC1=CC=C(C(=O)NC2=C(Cl)CN(O)C=C2Cl)C2=CC=C(C(F)(F)F)N(Cc3ccc(C(O)CNC(C)(C)C)cc3OP(=O)(O)O)C12. The average molecular weight is 736 g/mol. The first-order chi connectivity index (χ1) is 22.2. The second-order valence-corrected chi connectivity index (χ2v) is 14.3. The van der Waals surface area contributed by atoms with Crippen LogP contribution in [0.5, 0.6) is 5.75 Å². The van der Waals surface area contributed by atoms with Crippen LogP contribution in [0.25, 0.3) is 0 Å². The van der Waals surface area contributed by atoms with E-state index in [0.29, 0.717) is 12.0 Å². The molecule has 48 heavy (non-hydrogen) atoms. The summed E-state index contributed by atoms with van der Waals surface area (Å²) in [5.74, 6) is -1.14. The number of phosphoric acid groups is 1. The van der Waals surface area contributed by atoms with Gasteiger partial charge in [-0.25, -0.2) is 4.57 Å². The average Bonchev–Trinajstić information content (AvgIpc) is 2.96. The van der Waals surface area contributed by atoms with Crippen LogP contribution >= 0.6 is 31.0 Å². The van der Waals surface area contributed by atoms with Crippen LogP contribution in [0.4, 0.5) is 13.2 Å². The Bertz CT molecular complexity index is 1690. The lowest BCUT2D eigenvalue weighted by Crippen LogP contribution is -2.45. The number of carbonyl (C=O) groups excluding carboxylic acids is 1. The summed E-state index contributed by atoms with van der Waals surface area (Å²) < 4.78 is 60.6. The predicted octanol–water partition coefficient (Wildman–Crippen LogP) is 5.76. The van der Waals surface area contributed by atoms with Crippen molar-refractivity contribution < 1.29 is 47.2 Å². The van der Waals surface area contributed by atoms with E-state index in [-0.39, 0.29) is 56.7 Å². The van der Waals surface area contributed by atoms with E-state index in [1.54, 1.807) is 13.0 Å². The topological polar surface area (TPSA) is 155 Å². The first-order valence-electron chi connectivity index (χ1n) is 14.7. The van der Waals surface area contributed by atoms with E-state index in [0.717, 1.165) is 22.2 Å². The highest BCUT2D eigenvalue weighted by atomic mass is 35.5. The number of rotatable bonds is 10. The molecule has 262 valence electrons. The summed E-state index contributed by atoms with van der Waals surface area (Å²) in [6, 6.07) is 2.84. The lowest BCUT2D eigenvalue weighted by atomic mass is 9.82. The number of hydrogen-bond acceptors (Lipinski definition) is 8. The van der Waals surface area contributed by atoms with Gasteiger partial charge in [-0.15, -0.1) is 0 Å². The first-order valence-corrected chi connectivity index (χ1v) is 17.0. The molecule has 0 fully saturated rings. The van der Waals surface area contributed by atoms with Crippen molar-refractivity contribution in [3.8, 4) is 5.75 Å². The van der Waals surface area contributed by atoms with Crippen LogP contribution in [-0.4, -0.2) is 66.8 Å². The minimum atomic E-state index is -5.20. The van der Waals surface area contributed by atoms with E-state index in [4.69, 9.17) is 27.7 Å². The van der Waals surface area contributed by atoms with Crippen LogP contribution < -0.4 is 15.2 Å². The number of nitrogens with zero attached hydrogens (tertiary/aromatic N) is 2. The third-order valence-electron chi connectivity index (χ3n) is 7.58. The molecule has 0 saturated heterocycles. The number of carbonyl (C=O) groups is 1. The molecule has 2 aliphatic heterocycles. The highest BCUT2D eigenvalue weighted by molar-refractivity contribution is 7.46. The molecule has 1 amide bonds. The number of β-amino-alcohol motifs (C(OH)–C–C–N with tert-alkyl or cyclic N) is 1. The minimum absolute atomic E-state index is 0.0176. The zero-order chi connectivity index (χ0) is 35.8. The Hall–Kier alpha value is -3.07. The van der Waals surface area contributed by atoms with Gasteiger partial charge >= 0.3 is 14.0 Å². The number of aliphatic hydroxyl groups excluding tert-OH is 1. The minimum Gasteiger partial charge on any atom is -0.404 e. The fourth-order valence-corrected chi connectivity index (χ4v) is 6.38. The van der Waals surface area contributed by atoms with E-state index in [9.17, 15) is 42.6 Å². The Morgan fingerprint density at radius 2 is 1.83 bits per heavy atom. The number of phosphoric ester groups is 1. The number of nitrogens with one attached hydrogen (secondary N) is 2. The zero-order valence-electron chi connectivity index (χ0n) is 26.3. The van der Waals surface area contributed by atoms with Crippen LogP contribution in [-0.2, 0) is 15.9 Å². The maximum atomic E-state index is 14.6. The first kappa shape index (κ1) is 37.7. The zero-order valence-corrected chi connectivity index (χ0v) is 28.8. The van der Waals surface area contributed by atoms with Gasteiger partial charge in [0.15, 0.2) is 0 Å². The monoisotopic (exact) mass is 734 g/mol. The van der Waals surface area contributed by atoms with Crippen molar-refractivity contribution in [2.24, 2.45) is 0 Å². The summed E-state index contributed by atoms with van der Waals surface area (Å²) in [4.78, 5) is 33.9. The van der Waals surface area contributed by atoms with Gasteiger partial charge < -0.3 is 25.2 Å². The van der Waals surface area contributed by atoms with Gasteiger partial charge in [0.2, 0.25) is 0 Å². The Morgan fingerprint density at radius 3 is 2.42 bits per heavy atom. The normalized spacial score (nSPS) is 19.5. The number of hydrogen-bond donors (Lipinski definition) is 6. The van der Waals surface area contributed by atoms with Gasteiger partial charge in [0.05, 0.1) is 34.5 Å². The summed E-state index contributed by atoms with van der Waals surface area (Å²) in [5, 5.41) is 26.8. The molecular formula is C31H36Cl2F3N4O7P. The fraction of sp³-hybridized carbons (Fsp3) is 0.387. The van der Waals surface area contributed by atoms with Crippen LogP contribution in [0.3, 0.4) is 0 Å². The van der Waals surface area contributed by atoms with Gasteiger partial charge in [0, 0.05) is 36.0 Å². The second kappa shape index (κ2) is 14.4. The summed E-state index contributed by atoms with van der Waals surface area (Å²) >= 11 is 12.4. The quantitative estimate of drug-likeness (QED) is 0.164. The van der Waals surface area contributed by atoms with Crippen LogP contribution in [0, 0.1) is 0 Å². The van der Waals surface area contributed by atoms with Gasteiger partial charge in [0.1, 0.15) is 11.4 Å². The molecule has 2 atom stereocenters. The van der Waals surface area contributed by atoms with Crippen molar-refractivity contribution in [1.82, 2.24) is 20.6 Å². The van der Waals surface area contributed by atoms with Crippen molar-refractivity contribution in [3.63, 3.8) is 0 Å². The van der Waals surface area contributed by atoms with Crippen molar-refractivity contribution in [2.75, 3.05) is 13.1 Å². The number of benzene rings is 1. The van der Waals surface area contributed by atoms with Crippen LogP contribution in [0.2, 0.25) is 0 Å². The molecule has 0 bridgehead atoms. The molecule has 17 heteroatoms. The number of fused-ring (bicyclic) bond motifs is 1. The molecule has 11 nitrogen and oxygen atoms in total. The van der Waals surface area contributed by atoms with E-state index in [2.05, 4.69) is 10.6 Å². The number of hydroxylamine groups is 2. The highest BCUT2D eigenvalue weighted by Crippen LogP contribution is 2.45. The van der Waals surface area contributed by atoms with Crippen molar-refractivity contribution in [1.29, 1.82) is 0 Å². The summed E-state index contributed by atoms with van der Waals surface area (Å²) in [6.45, 7) is 6.74. The maximum absolute atomic E-state index is 14.6. The molecule has 4 rings (SSSR count). The molecule has 1 aromatic carbocycles. The molecule has 6 N–H and O–H groups in total. The third-order valence-corrected chi connectivity index (χ3v) is 8.61. The van der Waals surface area contributed by atoms with Crippen LogP contribution in [0.1, 0.15) is 51.3 Å². The molecule has 0 spiro atoms. The number of halogens is 5. The highest BCUT2D eigenvalue weighted by Gasteiger charge is 2.45. The number of allylic oxidation sites excluding steroid dienone is 6. The molecular weight excluding hydrogens is 699 g/mol. The lowest BCUT2D eigenvalue weighted by Gasteiger charge is -2.42. The smallest absolute Gasteiger partial charge is 0.404 e. The molecule has 3 aliphatic rings. The summed E-state index contributed by atoms with van der Waals surface area (Å²) in [6.07, 6.45) is 0.483. The largest absolute Gasteiger partial charge is 0.524 e. The number of aliphatic hydroxyl groups is 1. The van der Waals surface area contributed by atoms with Gasteiger partial charge in [-0.05, 0) is 62.1 Å². The molecule has 2 unspecified atom stereocenters. The van der Waals surface area contributed by atoms with Gasteiger partial charge in [-0.3, -0.25) is 24.9 Å². The van der Waals surface area contributed by atoms with Crippen molar-refractivity contribution in [3.05, 3.63) is 98.0 Å². The fourth-order valence-electron chi connectivity index (χ4n) is 5.36. The molecule has 0 saturated carbocycles. The number of alkyl halides is 3. The Kier molecular flexibility index (Phi) is 11.3. The molecule has 1 aliphatic carbocycles. The molecule has 0 aromatic heterocycles. The summed E-state index contributed by atoms with van der Waals surface area (Å²) in [7, 11) is -5.20. The molecule has 0 radical (unpaired) electrons. The van der Waals surface area contributed by atoms with Gasteiger partial charge in [-0.2, -0.15) is 13.2 Å². The van der Waals surface area contributed by atoms with E-state index < -0.39 is 50.0 Å². The molecule has 1 aromatic rings. The Morgan fingerprint density at radius 1 is 1.15 bits per heavy atom. The standard InChI is InChI=1S/C31H36Cl2F3N4O7P/c1-5-17-8-9-21(29(42)38-27-22(32)15-39(43)16-23(27)33)20-10-11-26(31(34,35)36)40(28(17)20)14-19-7-6-18(12-25(19)47-48(44,45)46)24(41)13-37-30(2,3)4/h6-12,15,24,28,37,41,43H,5,13-14,16H2,1-4H3,(H,38,42)(H2,44,45,46). The lowest BCUT2D eigenvalue weighted by molar-refractivity contribution is -0.116. The third kappa shape index (κ3) is 9.13. The predicted molar refractivity (Wildman–Crippen MR) is 173 cm³/mol. The Labute approximate surface area is 285 Å². The van der Waals surface area contributed by atoms with Crippen LogP contribution in [0.15, 0.2) is 86.9 Å². The maximum Gasteiger partial charge on any atom is 0.524 e. The summed E-state index contributed by atoms with van der Waals surface area (Å²) in [5.41, 5.74) is -0.446. The Balaban J connectivity index is 1.75. The van der Waals surface area contributed by atoms with E-state index in [1.165, 1.54) is 30.4 Å². The van der Waals surface area contributed by atoms with E-state index in [1.807, 2.05) is 20.8 Å². The molecule has 2 heterocycles. The van der Waals surface area contributed by atoms with E-state index >= 15 is 0 Å². The second-order valence-electron chi connectivity index (χ2n) is 12.3. The van der Waals surface area contributed by atoms with Gasteiger partial charge in [0.25, 0.3) is 5.91 Å².